The molecule has 0 bridgehead atoms. The van der Waals surface area contributed by atoms with Gasteiger partial charge in [-0.1, -0.05) is 31.4 Å². The van der Waals surface area contributed by atoms with Crippen LogP contribution in [-0.2, 0) is 10.0 Å². The molecular formula is C18H20ClFN2O3S. The molecule has 0 aliphatic rings. The predicted octanol–water partition coefficient (Wildman–Crippen LogP) is 4.20. The highest BCUT2D eigenvalue weighted by molar-refractivity contribution is 7.92. The minimum atomic E-state index is -3.91. The predicted molar refractivity (Wildman–Crippen MR) is 101 cm³/mol. The van der Waals surface area contributed by atoms with Crippen molar-refractivity contribution in [3.8, 4) is 0 Å². The van der Waals surface area contributed by atoms with E-state index in [9.17, 15) is 17.6 Å². The molecule has 0 saturated carbocycles. The van der Waals surface area contributed by atoms with Crippen LogP contribution in [0.3, 0.4) is 0 Å². The monoisotopic (exact) mass is 398 g/mol. The van der Waals surface area contributed by atoms with Crippen LogP contribution >= 0.6 is 11.6 Å². The molecule has 0 atom stereocenters. The number of hydrogen-bond donors (Lipinski definition) is 2. The summed E-state index contributed by atoms with van der Waals surface area (Å²) in [6.07, 6.45) is 3.04. The van der Waals surface area contributed by atoms with Gasteiger partial charge in [-0.15, -0.1) is 0 Å². The fourth-order valence-electron chi connectivity index (χ4n) is 2.23. The Kier molecular flexibility index (Phi) is 6.99. The van der Waals surface area contributed by atoms with E-state index in [4.69, 9.17) is 11.6 Å². The standard InChI is InChI=1S/C18H20ClFN2O3S/c1-2-3-4-11-21-18(23)13-5-7-14(8-6-13)22-26(24,25)15-9-10-17(20)16(19)12-15/h5-10,12,22H,2-4,11H2,1H3,(H,21,23). The van der Waals surface area contributed by atoms with Gasteiger partial charge in [0.15, 0.2) is 0 Å². The zero-order valence-electron chi connectivity index (χ0n) is 14.3. The lowest BCUT2D eigenvalue weighted by Gasteiger charge is -2.10. The number of amides is 1. The number of nitrogens with one attached hydrogen (secondary N) is 2. The summed E-state index contributed by atoms with van der Waals surface area (Å²) < 4.78 is 40.2. The van der Waals surface area contributed by atoms with Crippen molar-refractivity contribution < 1.29 is 17.6 Å². The van der Waals surface area contributed by atoms with Gasteiger partial charge in [-0.25, -0.2) is 12.8 Å². The van der Waals surface area contributed by atoms with Gasteiger partial charge in [-0.3, -0.25) is 9.52 Å². The fraction of sp³-hybridized carbons (Fsp3) is 0.278. The largest absolute Gasteiger partial charge is 0.352 e. The zero-order valence-corrected chi connectivity index (χ0v) is 15.8. The van der Waals surface area contributed by atoms with Crippen molar-refractivity contribution >= 4 is 33.2 Å². The number of benzene rings is 2. The van der Waals surface area contributed by atoms with Gasteiger partial charge in [0.2, 0.25) is 0 Å². The highest BCUT2D eigenvalue weighted by atomic mass is 35.5. The average Bonchev–Trinajstić information content (AvgIpc) is 2.61. The normalized spacial score (nSPS) is 11.2. The van der Waals surface area contributed by atoms with Crippen molar-refractivity contribution in [1.82, 2.24) is 5.32 Å². The lowest BCUT2D eigenvalue weighted by atomic mass is 10.2. The van der Waals surface area contributed by atoms with Gasteiger partial charge in [0.05, 0.1) is 9.92 Å². The molecule has 26 heavy (non-hydrogen) atoms. The summed E-state index contributed by atoms with van der Waals surface area (Å²) in [6.45, 7) is 2.69. The number of unbranched alkanes of at least 4 members (excludes halogenated alkanes) is 2. The van der Waals surface area contributed by atoms with Crippen molar-refractivity contribution in [3.63, 3.8) is 0 Å². The Morgan fingerprint density at radius 3 is 2.42 bits per heavy atom. The SMILES string of the molecule is CCCCCNC(=O)c1ccc(NS(=O)(=O)c2ccc(F)c(Cl)c2)cc1. The molecule has 0 aliphatic heterocycles. The summed E-state index contributed by atoms with van der Waals surface area (Å²) in [7, 11) is -3.91. The summed E-state index contributed by atoms with van der Waals surface area (Å²) in [4.78, 5) is 11.8. The number of rotatable bonds is 8. The zero-order chi connectivity index (χ0) is 19.2. The maximum Gasteiger partial charge on any atom is 0.261 e. The first-order chi connectivity index (χ1) is 12.3. The van der Waals surface area contributed by atoms with E-state index < -0.39 is 15.8 Å². The molecule has 0 unspecified atom stereocenters. The maximum atomic E-state index is 13.2. The lowest BCUT2D eigenvalue weighted by Crippen LogP contribution is -2.24. The molecule has 0 saturated heterocycles. The van der Waals surface area contributed by atoms with Crippen LogP contribution in [0.1, 0.15) is 36.5 Å². The molecule has 2 N–H and O–H groups in total. The van der Waals surface area contributed by atoms with E-state index in [0.717, 1.165) is 37.5 Å². The summed E-state index contributed by atoms with van der Waals surface area (Å²) in [5.41, 5.74) is 0.724. The minimum absolute atomic E-state index is 0.151. The van der Waals surface area contributed by atoms with Gasteiger partial charge in [0.1, 0.15) is 5.82 Å². The quantitative estimate of drug-likeness (QED) is 0.654. The third-order valence-corrected chi connectivity index (χ3v) is 5.34. The minimum Gasteiger partial charge on any atom is -0.352 e. The molecule has 5 nitrogen and oxygen atoms in total. The molecule has 2 aromatic carbocycles. The second-order valence-electron chi connectivity index (χ2n) is 5.72. The van der Waals surface area contributed by atoms with E-state index >= 15 is 0 Å². The van der Waals surface area contributed by atoms with Crippen molar-refractivity contribution in [1.29, 1.82) is 0 Å². The Bertz CT molecular complexity index is 871. The van der Waals surface area contributed by atoms with Crippen LogP contribution in [0.4, 0.5) is 10.1 Å². The molecule has 0 spiro atoms. The van der Waals surface area contributed by atoms with Crippen LogP contribution in [0.25, 0.3) is 0 Å². The maximum absolute atomic E-state index is 13.2. The van der Waals surface area contributed by atoms with E-state index in [1.807, 2.05) is 0 Å². The average molecular weight is 399 g/mol. The number of sulfonamides is 1. The lowest BCUT2D eigenvalue weighted by molar-refractivity contribution is 0.0953. The number of anilines is 1. The highest BCUT2D eigenvalue weighted by Crippen LogP contribution is 2.22. The molecule has 2 rings (SSSR count). The fourth-order valence-corrected chi connectivity index (χ4v) is 3.56. The topological polar surface area (TPSA) is 75.3 Å². The van der Waals surface area contributed by atoms with Gasteiger partial charge >= 0.3 is 0 Å². The molecular weight excluding hydrogens is 379 g/mol. The molecule has 1 amide bonds. The van der Waals surface area contributed by atoms with E-state index in [-0.39, 0.29) is 21.5 Å². The van der Waals surface area contributed by atoms with Gasteiger partial charge in [-0.2, -0.15) is 0 Å². The van der Waals surface area contributed by atoms with Crippen LogP contribution in [0.2, 0.25) is 5.02 Å². The number of halogens is 2. The Labute approximate surface area is 157 Å². The van der Waals surface area contributed by atoms with Crippen molar-refractivity contribution in [2.75, 3.05) is 11.3 Å². The third kappa shape index (κ3) is 5.44. The van der Waals surface area contributed by atoms with Gasteiger partial charge in [0, 0.05) is 17.8 Å². The van der Waals surface area contributed by atoms with Gasteiger partial charge < -0.3 is 5.32 Å². The second kappa shape index (κ2) is 9.00. The smallest absolute Gasteiger partial charge is 0.261 e. The second-order valence-corrected chi connectivity index (χ2v) is 7.81. The van der Waals surface area contributed by atoms with Gasteiger partial charge in [-0.05, 0) is 48.9 Å². The highest BCUT2D eigenvalue weighted by Gasteiger charge is 2.16. The number of carbonyl (C=O) groups excluding carboxylic acids is 1. The van der Waals surface area contributed by atoms with E-state index in [0.29, 0.717) is 12.1 Å². The molecule has 8 heteroatoms. The molecule has 0 aliphatic carbocycles. The first-order valence-electron chi connectivity index (χ1n) is 8.19. The first-order valence-corrected chi connectivity index (χ1v) is 10.1. The molecule has 0 heterocycles. The summed E-state index contributed by atoms with van der Waals surface area (Å²) in [6, 6.07) is 9.20. The van der Waals surface area contributed by atoms with Crippen LogP contribution in [0.5, 0.6) is 0 Å². The van der Waals surface area contributed by atoms with E-state index in [1.54, 1.807) is 0 Å². The first kappa shape index (κ1) is 20.2. The van der Waals surface area contributed by atoms with Gasteiger partial charge in [0.25, 0.3) is 15.9 Å². The van der Waals surface area contributed by atoms with Crippen LogP contribution in [-0.4, -0.2) is 20.9 Å². The summed E-state index contributed by atoms with van der Waals surface area (Å²) in [5, 5.41) is 2.54. The molecule has 2 aromatic rings. The Morgan fingerprint density at radius 2 is 1.81 bits per heavy atom. The number of hydrogen-bond acceptors (Lipinski definition) is 3. The molecule has 0 aromatic heterocycles. The van der Waals surface area contributed by atoms with E-state index in [1.165, 1.54) is 24.3 Å². The van der Waals surface area contributed by atoms with Crippen LogP contribution in [0, 0.1) is 5.82 Å². The summed E-state index contributed by atoms with van der Waals surface area (Å²) in [5.74, 6) is -0.902. The third-order valence-electron chi connectivity index (χ3n) is 3.67. The van der Waals surface area contributed by atoms with Crippen LogP contribution in [0.15, 0.2) is 47.4 Å². The molecule has 0 radical (unpaired) electrons. The Morgan fingerprint density at radius 1 is 1.12 bits per heavy atom. The molecule has 0 fully saturated rings. The number of carbonyl (C=O) groups is 1. The van der Waals surface area contributed by atoms with Crippen molar-refractivity contribution in [3.05, 3.63) is 58.9 Å². The van der Waals surface area contributed by atoms with Crippen molar-refractivity contribution in [2.45, 2.75) is 31.1 Å². The van der Waals surface area contributed by atoms with E-state index in [2.05, 4.69) is 17.0 Å². The Hall–Kier alpha value is -2.12. The summed E-state index contributed by atoms with van der Waals surface area (Å²) >= 11 is 5.63. The van der Waals surface area contributed by atoms with Crippen LogP contribution < -0.4 is 10.0 Å². The Balaban J connectivity index is 2.03. The molecule has 140 valence electrons. The van der Waals surface area contributed by atoms with Crippen molar-refractivity contribution in [2.24, 2.45) is 0 Å².